The lowest BCUT2D eigenvalue weighted by atomic mass is 10.0. The molecule has 0 spiro atoms. The van der Waals surface area contributed by atoms with Crippen LogP contribution >= 0.6 is 0 Å². The van der Waals surface area contributed by atoms with E-state index in [1.165, 1.54) is 5.56 Å². The highest BCUT2D eigenvalue weighted by Crippen LogP contribution is 2.28. The zero-order chi connectivity index (χ0) is 13.1. The van der Waals surface area contributed by atoms with Gasteiger partial charge in [0.05, 0.1) is 5.92 Å². The molecule has 18 heavy (non-hydrogen) atoms. The van der Waals surface area contributed by atoms with E-state index in [9.17, 15) is 4.79 Å². The van der Waals surface area contributed by atoms with Crippen LogP contribution in [0.25, 0.3) is 10.8 Å². The molecule has 0 aromatic heterocycles. The van der Waals surface area contributed by atoms with Gasteiger partial charge in [-0.3, -0.25) is 4.79 Å². The van der Waals surface area contributed by atoms with Gasteiger partial charge in [0.15, 0.2) is 0 Å². The van der Waals surface area contributed by atoms with Crippen molar-refractivity contribution < 1.29 is 9.53 Å². The summed E-state index contributed by atoms with van der Waals surface area (Å²) in [6.45, 7) is 5.93. The van der Waals surface area contributed by atoms with Crippen molar-refractivity contribution >= 4 is 16.7 Å². The third kappa shape index (κ3) is 2.37. The van der Waals surface area contributed by atoms with Gasteiger partial charge in [-0.05, 0) is 30.4 Å². The number of esters is 1. The number of ether oxygens (including phenoxy) is 1. The summed E-state index contributed by atoms with van der Waals surface area (Å²) in [5.74, 6) is 0.429. The topological polar surface area (TPSA) is 26.3 Å². The van der Waals surface area contributed by atoms with E-state index in [0.717, 1.165) is 17.2 Å². The average molecular weight is 242 g/mol. The van der Waals surface area contributed by atoms with Gasteiger partial charge in [-0.25, -0.2) is 0 Å². The van der Waals surface area contributed by atoms with Crippen molar-refractivity contribution in [1.82, 2.24) is 0 Å². The highest BCUT2D eigenvalue weighted by molar-refractivity contribution is 5.92. The van der Waals surface area contributed by atoms with E-state index in [2.05, 4.69) is 13.0 Å². The van der Waals surface area contributed by atoms with E-state index < -0.39 is 0 Å². The van der Waals surface area contributed by atoms with Gasteiger partial charge in [0.25, 0.3) is 0 Å². The maximum absolute atomic E-state index is 11.8. The number of carbonyl (C=O) groups is 1. The summed E-state index contributed by atoms with van der Waals surface area (Å²) >= 11 is 0. The number of aryl methyl sites for hydroxylation is 1. The molecular formula is C16H18O2. The number of fused-ring (bicyclic) bond motifs is 1. The Morgan fingerprint density at radius 1 is 1.17 bits per heavy atom. The lowest BCUT2D eigenvalue weighted by Crippen LogP contribution is -2.17. The zero-order valence-corrected chi connectivity index (χ0v) is 11.1. The molecule has 2 aromatic rings. The molecule has 0 aliphatic rings. The minimum absolute atomic E-state index is 0.0648. The Hall–Kier alpha value is -1.83. The van der Waals surface area contributed by atoms with Crippen LogP contribution in [-0.4, -0.2) is 5.97 Å². The Balaban J connectivity index is 2.40. The van der Waals surface area contributed by atoms with E-state index >= 15 is 0 Å². The van der Waals surface area contributed by atoms with Crippen LogP contribution in [0.3, 0.4) is 0 Å². The molecule has 2 heteroatoms. The van der Waals surface area contributed by atoms with Crippen LogP contribution in [0.2, 0.25) is 0 Å². The summed E-state index contributed by atoms with van der Waals surface area (Å²) in [5.41, 5.74) is 1.19. The normalized spacial score (nSPS) is 12.4. The van der Waals surface area contributed by atoms with Crippen LogP contribution in [0.4, 0.5) is 0 Å². The number of hydrogen-bond donors (Lipinski definition) is 0. The third-order valence-corrected chi connectivity index (χ3v) is 3.33. The molecule has 0 saturated heterocycles. The molecule has 0 heterocycles. The first-order chi connectivity index (χ1) is 8.63. The molecule has 2 aromatic carbocycles. The van der Waals surface area contributed by atoms with Crippen molar-refractivity contribution in [2.75, 3.05) is 0 Å². The van der Waals surface area contributed by atoms with Gasteiger partial charge in [-0.15, -0.1) is 0 Å². The van der Waals surface area contributed by atoms with Gasteiger partial charge in [0.1, 0.15) is 5.75 Å². The van der Waals surface area contributed by atoms with Crippen LogP contribution in [0, 0.1) is 12.8 Å². The number of hydrogen-bond acceptors (Lipinski definition) is 2. The maximum atomic E-state index is 11.8. The molecule has 1 atom stereocenters. The number of benzene rings is 2. The second-order valence-electron chi connectivity index (χ2n) is 4.66. The van der Waals surface area contributed by atoms with Gasteiger partial charge in [-0.1, -0.05) is 44.2 Å². The fraction of sp³-hybridized carbons (Fsp3) is 0.312. The van der Waals surface area contributed by atoms with Crippen LogP contribution in [0.5, 0.6) is 5.75 Å². The molecule has 2 rings (SSSR count). The Morgan fingerprint density at radius 2 is 1.83 bits per heavy atom. The fourth-order valence-electron chi connectivity index (χ4n) is 1.90. The number of rotatable bonds is 3. The van der Waals surface area contributed by atoms with Crippen LogP contribution in [0.1, 0.15) is 25.8 Å². The van der Waals surface area contributed by atoms with Crippen LogP contribution in [-0.2, 0) is 4.79 Å². The molecule has 0 aliphatic heterocycles. The SMILES string of the molecule is CCC(C)C(=O)Oc1cccc2c(C)cccc12. The quantitative estimate of drug-likeness (QED) is 0.598. The van der Waals surface area contributed by atoms with Crippen molar-refractivity contribution in [2.24, 2.45) is 5.92 Å². The molecule has 0 fully saturated rings. The van der Waals surface area contributed by atoms with E-state index in [4.69, 9.17) is 4.74 Å². The lowest BCUT2D eigenvalue weighted by Gasteiger charge is -2.11. The van der Waals surface area contributed by atoms with E-state index in [1.807, 2.05) is 44.2 Å². The largest absolute Gasteiger partial charge is 0.426 e. The minimum atomic E-state index is -0.161. The Kier molecular flexibility index (Phi) is 3.66. The summed E-state index contributed by atoms with van der Waals surface area (Å²) in [6, 6.07) is 11.9. The molecule has 1 unspecified atom stereocenters. The molecule has 94 valence electrons. The fourth-order valence-corrected chi connectivity index (χ4v) is 1.90. The molecule has 0 radical (unpaired) electrons. The molecule has 0 N–H and O–H groups in total. The second-order valence-corrected chi connectivity index (χ2v) is 4.66. The van der Waals surface area contributed by atoms with E-state index in [1.54, 1.807) is 0 Å². The predicted molar refractivity (Wildman–Crippen MR) is 73.8 cm³/mol. The third-order valence-electron chi connectivity index (χ3n) is 3.33. The van der Waals surface area contributed by atoms with Gasteiger partial charge in [0.2, 0.25) is 0 Å². The maximum Gasteiger partial charge on any atom is 0.314 e. The molecule has 0 aliphatic carbocycles. The van der Waals surface area contributed by atoms with Crippen LogP contribution in [0.15, 0.2) is 36.4 Å². The second kappa shape index (κ2) is 5.21. The van der Waals surface area contributed by atoms with Gasteiger partial charge >= 0.3 is 5.97 Å². The van der Waals surface area contributed by atoms with Crippen molar-refractivity contribution in [3.8, 4) is 5.75 Å². The van der Waals surface area contributed by atoms with Crippen molar-refractivity contribution in [1.29, 1.82) is 0 Å². The van der Waals surface area contributed by atoms with Gasteiger partial charge in [-0.2, -0.15) is 0 Å². The monoisotopic (exact) mass is 242 g/mol. The van der Waals surface area contributed by atoms with E-state index in [-0.39, 0.29) is 11.9 Å². The van der Waals surface area contributed by atoms with Gasteiger partial charge < -0.3 is 4.74 Å². The summed E-state index contributed by atoms with van der Waals surface area (Å²) in [7, 11) is 0. The minimum Gasteiger partial charge on any atom is -0.426 e. The smallest absolute Gasteiger partial charge is 0.314 e. The van der Waals surface area contributed by atoms with Crippen LogP contribution < -0.4 is 4.74 Å². The first kappa shape index (κ1) is 12.6. The Morgan fingerprint density at radius 3 is 2.56 bits per heavy atom. The van der Waals surface area contributed by atoms with E-state index in [0.29, 0.717) is 5.75 Å². The highest BCUT2D eigenvalue weighted by Gasteiger charge is 2.14. The Bertz CT molecular complexity index is 572. The average Bonchev–Trinajstić information content (AvgIpc) is 2.39. The first-order valence-corrected chi connectivity index (χ1v) is 6.33. The van der Waals surface area contributed by atoms with Crippen molar-refractivity contribution in [2.45, 2.75) is 27.2 Å². The first-order valence-electron chi connectivity index (χ1n) is 6.33. The zero-order valence-electron chi connectivity index (χ0n) is 11.1. The summed E-state index contributed by atoms with van der Waals surface area (Å²) in [4.78, 5) is 11.8. The van der Waals surface area contributed by atoms with Gasteiger partial charge in [0, 0.05) is 5.39 Å². The molecule has 0 bridgehead atoms. The van der Waals surface area contributed by atoms with Crippen molar-refractivity contribution in [3.05, 3.63) is 42.0 Å². The summed E-state index contributed by atoms with van der Waals surface area (Å²) < 4.78 is 5.50. The molecule has 0 saturated carbocycles. The molecular weight excluding hydrogens is 224 g/mol. The summed E-state index contributed by atoms with van der Waals surface area (Å²) in [6.07, 6.45) is 0.794. The summed E-state index contributed by atoms with van der Waals surface area (Å²) in [5, 5.41) is 2.13. The molecule has 0 amide bonds. The van der Waals surface area contributed by atoms with Crippen molar-refractivity contribution in [3.63, 3.8) is 0 Å². The standard InChI is InChI=1S/C16H18O2/c1-4-11(2)16(17)18-15-10-6-8-13-12(3)7-5-9-14(13)15/h5-11H,4H2,1-3H3. The number of carbonyl (C=O) groups excluding carboxylic acids is 1. The molecule has 2 nitrogen and oxygen atoms in total. The Labute approximate surface area is 108 Å². The lowest BCUT2D eigenvalue weighted by molar-refractivity contribution is -0.138. The highest BCUT2D eigenvalue weighted by atomic mass is 16.5. The predicted octanol–water partition coefficient (Wildman–Crippen LogP) is 4.10.